The molecular weight excluding hydrogens is 391 g/mol. The fraction of sp³-hybridized carbons (Fsp3) is 0.227. The molecule has 5 nitrogen and oxygen atoms in total. The Morgan fingerprint density at radius 2 is 1.83 bits per heavy atom. The molecule has 0 saturated heterocycles. The number of benzene rings is 2. The number of ether oxygens (including phenoxy) is 1. The van der Waals surface area contributed by atoms with E-state index in [1.54, 1.807) is 24.0 Å². The van der Waals surface area contributed by atoms with Gasteiger partial charge in [0.15, 0.2) is 5.11 Å². The van der Waals surface area contributed by atoms with Crippen LogP contribution in [0.5, 0.6) is 0 Å². The lowest BCUT2D eigenvalue weighted by molar-refractivity contribution is -0.150. The van der Waals surface area contributed by atoms with Crippen molar-refractivity contribution >= 4 is 34.8 Å². The number of aryl methyl sites for hydroxylation is 2. The lowest BCUT2D eigenvalue weighted by Crippen LogP contribution is -2.48. The second-order valence-electron chi connectivity index (χ2n) is 6.86. The standard InChI is InChI=1S/C22H21FN2O3S/c1-12-8-9-17(10-13(12)2)25-14(3)18(20(26)21(27)28-4)19(24-22(25)29)15-6-5-7-16(23)11-15/h5-11,19H,1-4H3,(H,24,29)/t19-/m1/s1. The van der Waals surface area contributed by atoms with Gasteiger partial charge < -0.3 is 10.1 Å². The van der Waals surface area contributed by atoms with Crippen molar-refractivity contribution in [3.63, 3.8) is 0 Å². The summed E-state index contributed by atoms with van der Waals surface area (Å²) in [6.45, 7) is 5.69. The molecule has 0 fully saturated rings. The van der Waals surface area contributed by atoms with Crippen LogP contribution in [0.3, 0.4) is 0 Å². The summed E-state index contributed by atoms with van der Waals surface area (Å²) in [7, 11) is 1.15. The Balaban J connectivity index is 2.19. The van der Waals surface area contributed by atoms with Gasteiger partial charge in [-0.1, -0.05) is 18.2 Å². The number of nitrogens with one attached hydrogen (secondary N) is 1. The average molecular weight is 412 g/mol. The zero-order chi connectivity index (χ0) is 21.3. The van der Waals surface area contributed by atoms with Crippen LogP contribution >= 0.6 is 12.2 Å². The lowest BCUT2D eigenvalue weighted by Gasteiger charge is -2.37. The van der Waals surface area contributed by atoms with E-state index in [2.05, 4.69) is 10.1 Å². The van der Waals surface area contributed by atoms with Crippen LogP contribution in [-0.4, -0.2) is 24.0 Å². The molecule has 0 radical (unpaired) electrons. The number of ketones is 1. The van der Waals surface area contributed by atoms with Crippen LogP contribution in [0.1, 0.15) is 29.7 Å². The fourth-order valence-corrected chi connectivity index (χ4v) is 3.71. The number of nitrogens with zero attached hydrogens (tertiary/aromatic N) is 1. The number of carbonyl (C=O) groups is 2. The van der Waals surface area contributed by atoms with E-state index in [0.717, 1.165) is 23.9 Å². The molecule has 0 amide bonds. The second-order valence-corrected chi connectivity index (χ2v) is 7.25. The predicted octanol–water partition coefficient (Wildman–Crippen LogP) is 3.89. The Kier molecular flexibility index (Phi) is 5.79. The van der Waals surface area contributed by atoms with Gasteiger partial charge in [-0.3, -0.25) is 9.69 Å². The van der Waals surface area contributed by atoms with Crippen LogP contribution in [-0.2, 0) is 14.3 Å². The zero-order valence-electron chi connectivity index (χ0n) is 16.6. The molecule has 1 N–H and O–H groups in total. The molecule has 2 aromatic carbocycles. The van der Waals surface area contributed by atoms with Crippen LogP contribution in [0.15, 0.2) is 53.7 Å². The Labute approximate surface area is 174 Å². The highest BCUT2D eigenvalue weighted by atomic mass is 32.1. The van der Waals surface area contributed by atoms with Crippen LogP contribution in [0.2, 0.25) is 0 Å². The number of Topliss-reactive ketones (excluding diaryl/α,β-unsaturated/α-hetero) is 1. The van der Waals surface area contributed by atoms with Crippen molar-refractivity contribution in [2.24, 2.45) is 0 Å². The van der Waals surface area contributed by atoms with Gasteiger partial charge in [0.2, 0.25) is 0 Å². The number of allylic oxidation sites excluding steroid dienone is 1. The fourth-order valence-electron chi connectivity index (χ4n) is 3.35. The van der Waals surface area contributed by atoms with Crippen LogP contribution in [0.25, 0.3) is 0 Å². The normalized spacial score (nSPS) is 16.5. The van der Waals surface area contributed by atoms with E-state index in [-0.39, 0.29) is 5.57 Å². The number of hydrogen-bond donors (Lipinski definition) is 1. The number of thiocarbonyl (C=S) groups is 1. The Morgan fingerprint density at radius 3 is 2.45 bits per heavy atom. The highest BCUT2D eigenvalue weighted by Crippen LogP contribution is 2.35. The minimum absolute atomic E-state index is 0.161. The van der Waals surface area contributed by atoms with Crippen molar-refractivity contribution in [2.45, 2.75) is 26.8 Å². The van der Waals surface area contributed by atoms with Gasteiger partial charge in [0.25, 0.3) is 5.78 Å². The monoisotopic (exact) mass is 412 g/mol. The summed E-state index contributed by atoms with van der Waals surface area (Å²) in [6, 6.07) is 10.9. The van der Waals surface area contributed by atoms with E-state index < -0.39 is 23.6 Å². The van der Waals surface area contributed by atoms with Crippen LogP contribution in [0, 0.1) is 19.7 Å². The molecule has 1 aliphatic heterocycles. The second kappa shape index (κ2) is 8.13. The van der Waals surface area contributed by atoms with Crippen molar-refractivity contribution in [2.75, 3.05) is 12.0 Å². The maximum atomic E-state index is 13.8. The lowest BCUT2D eigenvalue weighted by atomic mass is 9.91. The van der Waals surface area contributed by atoms with Crippen molar-refractivity contribution in [1.82, 2.24) is 5.32 Å². The van der Waals surface area contributed by atoms with E-state index >= 15 is 0 Å². The summed E-state index contributed by atoms with van der Waals surface area (Å²) in [5.74, 6) is -2.24. The number of methoxy groups -OCH3 is 1. The summed E-state index contributed by atoms with van der Waals surface area (Å²) >= 11 is 5.57. The molecule has 0 unspecified atom stereocenters. The van der Waals surface area contributed by atoms with E-state index in [0.29, 0.717) is 16.4 Å². The molecule has 150 valence electrons. The van der Waals surface area contributed by atoms with Gasteiger partial charge in [-0.25, -0.2) is 9.18 Å². The molecule has 0 aromatic heterocycles. The minimum atomic E-state index is -0.990. The van der Waals surface area contributed by atoms with Gasteiger partial charge in [-0.2, -0.15) is 0 Å². The molecule has 29 heavy (non-hydrogen) atoms. The van der Waals surface area contributed by atoms with Gasteiger partial charge in [0.1, 0.15) is 5.82 Å². The zero-order valence-corrected chi connectivity index (χ0v) is 17.4. The van der Waals surface area contributed by atoms with Gasteiger partial charge in [-0.15, -0.1) is 0 Å². The number of rotatable bonds is 4. The quantitative estimate of drug-likeness (QED) is 0.467. The van der Waals surface area contributed by atoms with Gasteiger partial charge >= 0.3 is 5.97 Å². The molecule has 1 aliphatic rings. The first-order chi connectivity index (χ1) is 13.7. The number of carbonyl (C=O) groups excluding carboxylic acids is 2. The van der Waals surface area contributed by atoms with E-state index in [1.807, 2.05) is 32.0 Å². The SMILES string of the molecule is COC(=O)C(=O)C1=C(C)N(c2ccc(C)c(C)c2)C(=S)N[C@@H]1c1cccc(F)c1. The molecule has 0 spiro atoms. The smallest absolute Gasteiger partial charge is 0.379 e. The molecule has 0 aliphatic carbocycles. The topological polar surface area (TPSA) is 58.6 Å². The highest BCUT2D eigenvalue weighted by molar-refractivity contribution is 7.80. The molecule has 1 atom stereocenters. The third-order valence-corrected chi connectivity index (χ3v) is 5.33. The number of halogens is 1. The summed E-state index contributed by atoms with van der Waals surface area (Å²) in [5.41, 5.74) is 4.08. The van der Waals surface area contributed by atoms with E-state index in [9.17, 15) is 14.0 Å². The molecule has 2 aromatic rings. The maximum absolute atomic E-state index is 13.8. The predicted molar refractivity (Wildman–Crippen MR) is 113 cm³/mol. The van der Waals surface area contributed by atoms with Gasteiger partial charge in [0.05, 0.1) is 18.7 Å². The molecule has 0 saturated carbocycles. The Bertz CT molecular complexity index is 1050. The maximum Gasteiger partial charge on any atom is 0.379 e. The molecule has 3 rings (SSSR count). The first-order valence-electron chi connectivity index (χ1n) is 9.01. The summed E-state index contributed by atoms with van der Waals surface area (Å²) in [4.78, 5) is 26.6. The first kappa shape index (κ1) is 20.7. The summed E-state index contributed by atoms with van der Waals surface area (Å²) < 4.78 is 18.5. The van der Waals surface area contributed by atoms with Gasteiger partial charge in [-0.05, 0) is 73.9 Å². The summed E-state index contributed by atoms with van der Waals surface area (Å²) in [5, 5.41) is 3.44. The molecule has 1 heterocycles. The first-order valence-corrected chi connectivity index (χ1v) is 9.42. The van der Waals surface area contributed by atoms with Crippen molar-refractivity contribution in [3.05, 3.63) is 76.2 Å². The van der Waals surface area contributed by atoms with Crippen LogP contribution in [0.4, 0.5) is 10.1 Å². The van der Waals surface area contributed by atoms with Gasteiger partial charge in [0, 0.05) is 11.4 Å². The number of hydrogen-bond acceptors (Lipinski definition) is 4. The average Bonchev–Trinajstić information content (AvgIpc) is 2.69. The van der Waals surface area contributed by atoms with Crippen molar-refractivity contribution in [3.8, 4) is 0 Å². The number of esters is 1. The largest absolute Gasteiger partial charge is 0.463 e. The number of anilines is 1. The highest BCUT2D eigenvalue weighted by Gasteiger charge is 2.37. The van der Waals surface area contributed by atoms with Crippen molar-refractivity contribution < 1.29 is 18.7 Å². The third-order valence-electron chi connectivity index (χ3n) is 5.03. The van der Waals surface area contributed by atoms with E-state index in [4.69, 9.17) is 12.2 Å². The summed E-state index contributed by atoms with van der Waals surface area (Å²) in [6.07, 6.45) is 0. The Hall–Kier alpha value is -3.06. The molecule has 7 heteroatoms. The van der Waals surface area contributed by atoms with Crippen LogP contribution < -0.4 is 10.2 Å². The minimum Gasteiger partial charge on any atom is -0.463 e. The van der Waals surface area contributed by atoms with Crippen molar-refractivity contribution in [1.29, 1.82) is 0 Å². The van der Waals surface area contributed by atoms with E-state index in [1.165, 1.54) is 12.1 Å². The molecular formula is C22H21FN2O3S. The molecule has 0 bridgehead atoms. The Morgan fingerprint density at radius 1 is 1.10 bits per heavy atom. The third kappa shape index (κ3) is 3.91.